The zero-order valence-electron chi connectivity index (χ0n) is 6.62. The Bertz CT molecular complexity index is 288. The highest BCUT2D eigenvalue weighted by molar-refractivity contribution is 7.80. The van der Waals surface area contributed by atoms with Crippen molar-refractivity contribution < 1.29 is 12.8 Å². The summed E-state index contributed by atoms with van der Waals surface area (Å²) < 4.78 is 28.7. The van der Waals surface area contributed by atoms with Gasteiger partial charge in [-0.2, -0.15) is 0 Å². The summed E-state index contributed by atoms with van der Waals surface area (Å²) in [6, 6.07) is 5.87. The summed E-state index contributed by atoms with van der Waals surface area (Å²) in [5, 5.41) is 0. The van der Waals surface area contributed by atoms with Crippen molar-refractivity contribution in [1.82, 2.24) is 0 Å². The maximum Gasteiger partial charge on any atom is 0.192 e. The Balaban J connectivity index is 2.87. The smallest absolute Gasteiger partial charge is 0.192 e. The number of benzene rings is 1. The van der Waals surface area contributed by atoms with E-state index in [1.54, 1.807) is 19.1 Å². The second kappa shape index (κ2) is 4.33. The second-order valence-corrected chi connectivity index (χ2v) is 3.22. The predicted molar refractivity (Wildman–Crippen MR) is 44.4 cm³/mol. The summed E-state index contributed by atoms with van der Waals surface area (Å²) in [5.41, 5.74) is 0. The van der Waals surface area contributed by atoms with Crippen molar-refractivity contribution in [2.45, 2.75) is 11.8 Å². The second-order valence-electron chi connectivity index (χ2n) is 2.07. The van der Waals surface area contributed by atoms with Crippen molar-refractivity contribution >= 4 is 11.1 Å². The van der Waals surface area contributed by atoms with Crippen LogP contribution >= 0.6 is 0 Å². The van der Waals surface area contributed by atoms with E-state index < -0.39 is 16.9 Å². The number of halogens is 1. The molecule has 0 aliphatic heterocycles. The lowest BCUT2D eigenvalue weighted by atomic mass is 10.4. The maximum absolute atomic E-state index is 12.9. The van der Waals surface area contributed by atoms with Crippen LogP contribution in [0, 0.1) is 5.82 Å². The molecule has 1 aromatic carbocycles. The first-order valence-corrected chi connectivity index (χ1v) is 4.62. The zero-order chi connectivity index (χ0) is 8.97. The zero-order valence-corrected chi connectivity index (χ0v) is 7.44. The molecule has 12 heavy (non-hydrogen) atoms. The van der Waals surface area contributed by atoms with Crippen LogP contribution in [0.25, 0.3) is 0 Å². The van der Waals surface area contributed by atoms with Gasteiger partial charge in [0.1, 0.15) is 10.7 Å². The molecule has 4 heteroatoms. The van der Waals surface area contributed by atoms with Crippen LogP contribution in [0.1, 0.15) is 6.92 Å². The highest BCUT2D eigenvalue weighted by Gasteiger charge is 2.08. The average molecular weight is 188 g/mol. The summed E-state index contributed by atoms with van der Waals surface area (Å²) in [6.07, 6.45) is 0. The van der Waals surface area contributed by atoms with Crippen LogP contribution in [0.3, 0.4) is 0 Å². The summed E-state index contributed by atoms with van der Waals surface area (Å²) in [4.78, 5) is 0.0966. The van der Waals surface area contributed by atoms with Gasteiger partial charge in [0.15, 0.2) is 11.1 Å². The number of hydrogen-bond donors (Lipinski definition) is 0. The molecule has 1 aromatic rings. The largest absolute Gasteiger partial charge is 0.287 e. The topological polar surface area (TPSA) is 26.3 Å². The monoisotopic (exact) mass is 188 g/mol. The van der Waals surface area contributed by atoms with Gasteiger partial charge in [-0.1, -0.05) is 12.1 Å². The highest BCUT2D eigenvalue weighted by atomic mass is 32.2. The molecule has 1 atom stereocenters. The van der Waals surface area contributed by atoms with Gasteiger partial charge in [0.25, 0.3) is 0 Å². The quantitative estimate of drug-likeness (QED) is 0.724. The van der Waals surface area contributed by atoms with Gasteiger partial charge in [-0.05, 0) is 19.1 Å². The van der Waals surface area contributed by atoms with E-state index in [4.69, 9.17) is 4.18 Å². The number of rotatable bonds is 3. The molecule has 0 aliphatic carbocycles. The van der Waals surface area contributed by atoms with Crippen LogP contribution in [-0.2, 0) is 15.3 Å². The van der Waals surface area contributed by atoms with Crippen molar-refractivity contribution in [3.63, 3.8) is 0 Å². The molecule has 0 bridgehead atoms. The molecule has 0 saturated carbocycles. The SMILES string of the molecule is CCO[S@@](=O)c1ccccc1F. The number of hydrogen-bond acceptors (Lipinski definition) is 2. The molecule has 0 aromatic heterocycles. The van der Waals surface area contributed by atoms with E-state index in [1.165, 1.54) is 12.1 Å². The molecule has 0 fully saturated rings. The summed E-state index contributed by atoms with van der Waals surface area (Å²) in [6.45, 7) is 2.01. The van der Waals surface area contributed by atoms with Crippen LogP contribution in [0.4, 0.5) is 4.39 Å². The van der Waals surface area contributed by atoms with Gasteiger partial charge in [-0.25, -0.2) is 8.60 Å². The average Bonchev–Trinajstić information content (AvgIpc) is 2.05. The molecule has 0 aliphatic rings. The minimum absolute atomic E-state index is 0.0966. The highest BCUT2D eigenvalue weighted by Crippen LogP contribution is 2.11. The van der Waals surface area contributed by atoms with Gasteiger partial charge in [0.2, 0.25) is 0 Å². The first kappa shape index (κ1) is 9.35. The Hall–Kier alpha value is -0.740. The van der Waals surface area contributed by atoms with Crippen LogP contribution in [0.5, 0.6) is 0 Å². The van der Waals surface area contributed by atoms with Gasteiger partial charge in [0.05, 0.1) is 6.61 Å². The van der Waals surface area contributed by atoms with E-state index >= 15 is 0 Å². The lowest BCUT2D eigenvalue weighted by molar-refractivity contribution is 0.369. The molecule has 0 saturated heterocycles. The lowest BCUT2D eigenvalue weighted by Gasteiger charge is -2.00. The minimum atomic E-state index is -1.67. The maximum atomic E-state index is 12.9. The summed E-state index contributed by atoms with van der Waals surface area (Å²) in [7, 11) is 0. The van der Waals surface area contributed by atoms with Gasteiger partial charge in [0, 0.05) is 0 Å². The predicted octanol–water partition coefficient (Wildman–Crippen LogP) is 1.88. The van der Waals surface area contributed by atoms with E-state index in [9.17, 15) is 8.60 Å². The summed E-state index contributed by atoms with van der Waals surface area (Å²) in [5.74, 6) is -0.496. The minimum Gasteiger partial charge on any atom is -0.287 e. The van der Waals surface area contributed by atoms with E-state index in [2.05, 4.69) is 0 Å². The van der Waals surface area contributed by atoms with Crippen molar-refractivity contribution in [3.05, 3.63) is 30.1 Å². The fraction of sp³-hybridized carbons (Fsp3) is 0.250. The summed E-state index contributed by atoms with van der Waals surface area (Å²) >= 11 is -1.67. The molecular weight excluding hydrogens is 179 g/mol. The fourth-order valence-corrected chi connectivity index (χ4v) is 1.51. The Morgan fingerprint density at radius 1 is 1.50 bits per heavy atom. The molecule has 2 nitrogen and oxygen atoms in total. The van der Waals surface area contributed by atoms with Gasteiger partial charge in [-0.15, -0.1) is 0 Å². The molecule has 0 amide bonds. The lowest BCUT2D eigenvalue weighted by Crippen LogP contribution is -1.99. The Morgan fingerprint density at radius 3 is 2.75 bits per heavy atom. The molecule has 66 valence electrons. The third-order valence-electron chi connectivity index (χ3n) is 1.24. The first-order chi connectivity index (χ1) is 5.75. The standard InChI is InChI=1S/C8H9FO2S/c1-2-11-12(10)8-6-4-3-5-7(8)9/h3-6H,2H2,1H3/t12-/m1/s1. The van der Waals surface area contributed by atoms with Crippen molar-refractivity contribution in [1.29, 1.82) is 0 Å². The van der Waals surface area contributed by atoms with Gasteiger partial charge in [-0.3, -0.25) is 4.18 Å². The molecule has 0 heterocycles. The van der Waals surface area contributed by atoms with Crippen LogP contribution in [-0.4, -0.2) is 10.8 Å². The van der Waals surface area contributed by atoms with Crippen molar-refractivity contribution in [2.24, 2.45) is 0 Å². The van der Waals surface area contributed by atoms with Crippen LogP contribution in [0.2, 0.25) is 0 Å². The Labute approximate surface area is 73.0 Å². The molecule has 0 N–H and O–H groups in total. The Kier molecular flexibility index (Phi) is 3.37. The van der Waals surface area contributed by atoms with E-state index in [-0.39, 0.29) is 4.90 Å². The van der Waals surface area contributed by atoms with Crippen molar-refractivity contribution in [2.75, 3.05) is 6.61 Å². The van der Waals surface area contributed by atoms with E-state index in [0.29, 0.717) is 6.61 Å². The molecule has 0 radical (unpaired) electrons. The third kappa shape index (κ3) is 2.12. The molecule has 0 unspecified atom stereocenters. The molecular formula is C8H9FO2S. The Morgan fingerprint density at radius 2 is 2.17 bits per heavy atom. The van der Waals surface area contributed by atoms with E-state index in [1.807, 2.05) is 0 Å². The van der Waals surface area contributed by atoms with E-state index in [0.717, 1.165) is 0 Å². The van der Waals surface area contributed by atoms with Gasteiger partial charge < -0.3 is 0 Å². The third-order valence-corrected chi connectivity index (χ3v) is 2.38. The van der Waals surface area contributed by atoms with Crippen LogP contribution in [0.15, 0.2) is 29.2 Å². The normalized spacial score (nSPS) is 12.8. The van der Waals surface area contributed by atoms with Gasteiger partial charge >= 0.3 is 0 Å². The first-order valence-electron chi connectivity index (χ1n) is 3.55. The molecule has 1 rings (SSSR count). The molecule has 0 spiro atoms. The van der Waals surface area contributed by atoms with Crippen LogP contribution < -0.4 is 0 Å². The van der Waals surface area contributed by atoms with Crippen molar-refractivity contribution in [3.8, 4) is 0 Å². The fourth-order valence-electron chi connectivity index (χ4n) is 0.750.